The van der Waals surface area contributed by atoms with Crippen LogP contribution in [-0.4, -0.2) is 20.2 Å². The predicted octanol–water partition coefficient (Wildman–Crippen LogP) is 4.50. The van der Waals surface area contributed by atoms with Crippen LogP contribution in [0.1, 0.15) is 16.7 Å². The van der Waals surface area contributed by atoms with Crippen molar-refractivity contribution in [3.8, 4) is 5.75 Å². The van der Waals surface area contributed by atoms with Gasteiger partial charge in [-0.25, -0.2) is 6.57 Å². The van der Waals surface area contributed by atoms with Crippen LogP contribution in [-0.2, 0) is 5.54 Å². The number of benzene rings is 3. The summed E-state index contributed by atoms with van der Waals surface area (Å²) in [6.45, 7) is 8.17. The maximum absolute atomic E-state index is 7.15. The van der Waals surface area contributed by atoms with Gasteiger partial charge in [-0.1, -0.05) is 72.8 Å². The third-order valence-corrected chi connectivity index (χ3v) is 4.55. The molecule has 3 aromatic carbocycles. The molecule has 0 bridgehead atoms. The van der Waals surface area contributed by atoms with Crippen LogP contribution in [0, 0.1) is 6.57 Å². The SMILES string of the molecule is [C-]#[N+]CCNC(c1ccccc1)(c1ccccc1)c1ccc(OC)cc1. The van der Waals surface area contributed by atoms with E-state index < -0.39 is 5.54 Å². The number of hydrogen-bond acceptors (Lipinski definition) is 2. The van der Waals surface area contributed by atoms with E-state index >= 15 is 0 Å². The van der Waals surface area contributed by atoms with E-state index in [0.29, 0.717) is 13.1 Å². The number of methoxy groups -OCH3 is 1. The molecule has 0 heterocycles. The molecule has 0 atom stereocenters. The highest BCUT2D eigenvalue weighted by Gasteiger charge is 2.35. The lowest BCUT2D eigenvalue weighted by atomic mass is 9.77. The number of nitrogens with zero attached hydrogens (tertiary/aromatic N) is 1. The molecule has 3 heteroatoms. The molecule has 0 aromatic heterocycles. The molecule has 0 saturated carbocycles. The van der Waals surface area contributed by atoms with Crippen molar-refractivity contribution in [3.05, 3.63) is 113 Å². The van der Waals surface area contributed by atoms with Crippen molar-refractivity contribution < 1.29 is 4.74 Å². The predicted molar refractivity (Wildman–Crippen MR) is 105 cm³/mol. The van der Waals surface area contributed by atoms with E-state index in [4.69, 9.17) is 11.3 Å². The Morgan fingerprint density at radius 3 is 1.77 bits per heavy atom. The molecule has 130 valence electrons. The summed E-state index contributed by atoms with van der Waals surface area (Å²) < 4.78 is 5.33. The average Bonchev–Trinajstić information content (AvgIpc) is 2.73. The molecule has 0 spiro atoms. The van der Waals surface area contributed by atoms with Crippen molar-refractivity contribution in [2.45, 2.75) is 5.54 Å². The van der Waals surface area contributed by atoms with Crippen molar-refractivity contribution in [3.63, 3.8) is 0 Å². The lowest BCUT2D eigenvalue weighted by Gasteiger charge is -2.36. The van der Waals surface area contributed by atoms with Crippen molar-refractivity contribution in [2.75, 3.05) is 20.2 Å². The maximum Gasteiger partial charge on any atom is 0.227 e. The van der Waals surface area contributed by atoms with Gasteiger partial charge in [-0.2, -0.15) is 0 Å². The zero-order valence-electron chi connectivity index (χ0n) is 14.9. The highest BCUT2D eigenvalue weighted by molar-refractivity contribution is 5.50. The molecule has 0 aliphatic rings. The summed E-state index contributed by atoms with van der Waals surface area (Å²) >= 11 is 0. The van der Waals surface area contributed by atoms with Gasteiger partial charge < -0.3 is 9.58 Å². The molecular formula is C23H22N2O. The van der Waals surface area contributed by atoms with Crippen molar-refractivity contribution >= 4 is 0 Å². The monoisotopic (exact) mass is 342 g/mol. The fourth-order valence-electron chi connectivity index (χ4n) is 3.32. The molecule has 3 nitrogen and oxygen atoms in total. The number of ether oxygens (including phenoxy) is 1. The maximum atomic E-state index is 7.15. The second-order valence-electron chi connectivity index (χ2n) is 6.02. The van der Waals surface area contributed by atoms with Gasteiger partial charge in [0, 0.05) is 0 Å². The van der Waals surface area contributed by atoms with Gasteiger partial charge in [0.1, 0.15) is 5.75 Å². The quantitative estimate of drug-likeness (QED) is 0.389. The Morgan fingerprint density at radius 2 is 1.31 bits per heavy atom. The van der Waals surface area contributed by atoms with E-state index in [9.17, 15) is 0 Å². The molecule has 0 unspecified atom stereocenters. The minimum atomic E-state index is -0.528. The lowest BCUT2D eigenvalue weighted by Crippen LogP contribution is -2.45. The van der Waals surface area contributed by atoms with Gasteiger partial charge in [0.2, 0.25) is 6.54 Å². The Kier molecular flexibility index (Phi) is 5.68. The highest BCUT2D eigenvalue weighted by atomic mass is 16.5. The number of rotatable bonds is 7. The number of nitrogens with one attached hydrogen (secondary N) is 1. The van der Waals surface area contributed by atoms with Crippen LogP contribution < -0.4 is 10.1 Å². The van der Waals surface area contributed by atoms with Gasteiger partial charge >= 0.3 is 0 Å². The van der Waals surface area contributed by atoms with E-state index in [1.807, 2.05) is 48.5 Å². The molecule has 0 aliphatic carbocycles. The summed E-state index contributed by atoms with van der Waals surface area (Å²) in [5.74, 6) is 0.824. The first-order chi connectivity index (χ1) is 12.8. The first-order valence-corrected chi connectivity index (χ1v) is 8.65. The summed E-state index contributed by atoms with van der Waals surface area (Å²) in [4.78, 5) is 3.51. The third kappa shape index (κ3) is 3.46. The Hall–Kier alpha value is -3.09. The largest absolute Gasteiger partial charge is 0.497 e. The van der Waals surface area contributed by atoms with Gasteiger partial charge in [0.15, 0.2) is 0 Å². The van der Waals surface area contributed by atoms with Gasteiger partial charge in [0.05, 0.1) is 19.2 Å². The Bertz CT molecular complexity index is 813. The minimum Gasteiger partial charge on any atom is -0.497 e. The topological polar surface area (TPSA) is 25.6 Å². The lowest BCUT2D eigenvalue weighted by molar-refractivity contribution is 0.413. The van der Waals surface area contributed by atoms with Crippen LogP contribution in [0.25, 0.3) is 4.85 Å². The Morgan fingerprint density at radius 1 is 0.808 bits per heavy atom. The molecule has 26 heavy (non-hydrogen) atoms. The highest BCUT2D eigenvalue weighted by Crippen LogP contribution is 2.37. The molecule has 0 saturated heterocycles. The van der Waals surface area contributed by atoms with Gasteiger partial charge in [0.25, 0.3) is 0 Å². The third-order valence-electron chi connectivity index (χ3n) is 4.55. The van der Waals surface area contributed by atoms with E-state index in [1.54, 1.807) is 7.11 Å². The molecule has 0 aliphatic heterocycles. The first kappa shape index (κ1) is 17.7. The van der Waals surface area contributed by atoms with E-state index in [-0.39, 0.29) is 0 Å². The van der Waals surface area contributed by atoms with Crippen LogP contribution in [0.3, 0.4) is 0 Å². The molecule has 0 amide bonds. The van der Waals surface area contributed by atoms with Crippen LogP contribution in [0.5, 0.6) is 5.75 Å². The summed E-state index contributed by atoms with van der Waals surface area (Å²) in [7, 11) is 1.67. The molecule has 1 N–H and O–H groups in total. The van der Waals surface area contributed by atoms with Crippen LogP contribution in [0.15, 0.2) is 84.9 Å². The normalized spacial score (nSPS) is 10.9. The second-order valence-corrected chi connectivity index (χ2v) is 6.02. The summed E-state index contributed by atoms with van der Waals surface area (Å²) in [5.41, 5.74) is 2.86. The number of hydrogen-bond donors (Lipinski definition) is 1. The smallest absolute Gasteiger partial charge is 0.227 e. The van der Waals surface area contributed by atoms with Gasteiger partial charge in [-0.05, 0) is 28.8 Å². The summed E-state index contributed by atoms with van der Waals surface area (Å²) in [6.07, 6.45) is 0. The molecule has 3 rings (SSSR count). The van der Waals surface area contributed by atoms with Crippen LogP contribution >= 0.6 is 0 Å². The summed E-state index contributed by atoms with van der Waals surface area (Å²) in [6, 6.07) is 28.9. The van der Waals surface area contributed by atoms with E-state index in [1.165, 1.54) is 0 Å². The summed E-state index contributed by atoms with van der Waals surface area (Å²) in [5, 5.41) is 3.67. The average molecular weight is 342 g/mol. The van der Waals surface area contributed by atoms with Gasteiger partial charge in [-0.3, -0.25) is 5.32 Å². The molecule has 0 fully saturated rings. The van der Waals surface area contributed by atoms with Crippen molar-refractivity contribution in [1.82, 2.24) is 5.32 Å². The zero-order valence-corrected chi connectivity index (χ0v) is 14.9. The zero-order chi connectivity index (χ0) is 18.2. The fourth-order valence-corrected chi connectivity index (χ4v) is 3.32. The second kappa shape index (κ2) is 8.33. The van der Waals surface area contributed by atoms with Gasteiger partial charge in [-0.15, -0.1) is 0 Å². The fraction of sp³-hybridized carbons (Fsp3) is 0.174. The van der Waals surface area contributed by atoms with Crippen molar-refractivity contribution in [1.29, 1.82) is 0 Å². The Balaban J connectivity index is 2.21. The van der Waals surface area contributed by atoms with E-state index in [2.05, 4.69) is 46.6 Å². The standard InChI is InChI=1S/C23H22N2O/c1-24-17-18-25-23(19-9-5-3-6-10-19,20-11-7-4-8-12-20)21-13-15-22(26-2)16-14-21/h3-16,25H,17-18H2,2H3. The molecule has 3 aromatic rings. The van der Waals surface area contributed by atoms with Crippen LogP contribution in [0.2, 0.25) is 0 Å². The minimum absolute atomic E-state index is 0.428. The van der Waals surface area contributed by atoms with E-state index in [0.717, 1.165) is 22.4 Å². The Labute approximate surface area is 155 Å². The first-order valence-electron chi connectivity index (χ1n) is 8.65. The molecule has 0 radical (unpaired) electrons. The van der Waals surface area contributed by atoms with Crippen molar-refractivity contribution in [2.24, 2.45) is 0 Å². The molecular weight excluding hydrogens is 320 g/mol. The van der Waals surface area contributed by atoms with Crippen LogP contribution in [0.4, 0.5) is 0 Å².